The number of carbonyl (C=O) groups is 1. The molecule has 2 fully saturated rings. The third-order valence-corrected chi connectivity index (χ3v) is 8.42. The third kappa shape index (κ3) is 4.51. The number of aromatic nitrogens is 1. The number of amides is 1. The molecule has 3 N–H and O–H groups in total. The Morgan fingerprint density at radius 1 is 0.829 bits per heavy atom. The van der Waals surface area contributed by atoms with Crippen LogP contribution in [0.5, 0.6) is 0 Å². The van der Waals surface area contributed by atoms with E-state index >= 15 is 0 Å². The number of hydrogen-bond acceptors (Lipinski definition) is 3. The first-order valence-corrected chi connectivity index (χ1v) is 13.1. The van der Waals surface area contributed by atoms with Crippen LogP contribution in [0.3, 0.4) is 0 Å². The van der Waals surface area contributed by atoms with Gasteiger partial charge in [0, 0.05) is 42.8 Å². The largest absolute Gasteiger partial charge is 0.412 e. The molecular formula is C29H38N4O2. The molecule has 6 nitrogen and oxygen atoms in total. The maximum atomic E-state index is 13.8. The summed E-state index contributed by atoms with van der Waals surface area (Å²) in [6.45, 7) is 6.54. The zero-order valence-electron chi connectivity index (χ0n) is 20.6. The van der Waals surface area contributed by atoms with E-state index in [2.05, 4.69) is 74.3 Å². The molecule has 35 heavy (non-hydrogen) atoms. The van der Waals surface area contributed by atoms with Gasteiger partial charge in [-0.1, -0.05) is 55.0 Å². The van der Waals surface area contributed by atoms with E-state index in [-0.39, 0.29) is 11.0 Å². The number of hydrogen-bond donors (Lipinski definition) is 1. The predicted molar refractivity (Wildman–Crippen MR) is 140 cm³/mol. The highest BCUT2D eigenvalue weighted by Gasteiger charge is 2.48. The van der Waals surface area contributed by atoms with Gasteiger partial charge in [-0.2, -0.15) is 0 Å². The Morgan fingerprint density at radius 2 is 1.54 bits per heavy atom. The molecule has 6 heteroatoms. The zero-order valence-corrected chi connectivity index (χ0v) is 20.6. The molecule has 3 aliphatic rings. The van der Waals surface area contributed by atoms with Gasteiger partial charge in [0.1, 0.15) is 0 Å². The number of carbonyl (C=O) groups excluding carboxylic acids is 1. The van der Waals surface area contributed by atoms with Crippen LogP contribution in [0, 0.1) is 0 Å². The van der Waals surface area contributed by atoms with Crippen molar-refractivity contribution in [2.24, 2.45) is 0 Å². The number of benzene rings is 2. The van der Waals surface area contributed by atoms with Crippen LogP contribution >= 0.6 is 0 Å². The molecule has 0 radical (unpaired) electrons. The number of para-hydroxylation sites is 1. The van der Waals surface area contributed by atoms with Gasteiger partial charge in [-0.25, -0.2) is 0 Å². The number of nitrogens with one attached hydrogen (secondary N) is 1. The van der Waals surface area contributed by atoms with Gasteiger partial charge >= 0.3 is 0 Å². The van der Waals surface area contributed by atoms with Crippen molar-refractivity contribution >= 4 is 16.8 Å². The lowest BCUT2D eigenvalue weighted by atomic mass is 9.77. The summed E-state index contributed by atoms with van der Waals surface area (Å²) in [5.41, 5.74) is 5.11. The minimum absolute atomic E-state index is 0. The van der Waals surface area contributed by atoms with Gasteiger partial charge in [-0.3, -0.25) is 14.6 Å². The Balaban J connectivity index is 0.00000253. The SMILES string of the molecule is O.O=C(CN1CCCCC1)N1CCc2c([nH]c3ccccc23)C12CCN(Cc1ccccc1)CC2. The Kier molecular flexibility index (Phi) is 6.96. The fraction of sp³-hybridized carbons (Fsp3) is 0.483. The van der Waals surface area contributed by atoms with Gasteiger partial charge in [0.15, 0.2) is 0 Å². The molecule has 4 heterocycles. The van der Waals surface area contributed by atoms with Gasteiger partial charge in [0.25, 0.3) is 0 Å². The number of piperidine rings is 2. The number of aromatic amines is 1. The van der Waals surface area contributed by atoms with Crippen molar-refractivity contribution in [3.05, 3.63) is 71.4 Å². The normalized spacial score (nSPS) is 20.5. The van der Waals surface area contributed by atoms with Crippen LogP contribution in [0.4, 0.5) is 0 Å². The van der Waals surface area contributed by atoms with Crippen molar-refractivity contribution in [2.75, 3.05) is 39.3 Å². The topological polar surface area (TPSA) is 74.1 Å². The molecular weight excluding hydrogens is 436 g/mol. The molecule has 0 bridgehead atoms. The molecule has 3 aromatic rings. The Labute approximate surface area is 208 Å². The first-order chi connectivity index (χ1) is 16.7. The second kappa shape index (κ2) is 10.1. The highest BCUT2D eigenvalue weighted by molar-refractivity contribution is 5.87. The monoisotopic (exact) mass is 474 g/mol. The van der Waals surface area contributed by atoms with E-state index in [1.165, 1.54) is 47.0 Å². The lowest BCUT2D eigenvalue weighted by molar-refractivity contribution is -0.143. The minimum atomic E-state index is -0.216. The molecule has 0 aliphatic carbocycles. The standard InChI is InChI=1S/C29H36N4O.H2O/c34-27(22-31-16-7-2-8-17-31)33-18-13-25-24-11-5-6-12-26(24)30-28(25)29(33)14-19-32(20-15-29)21-23-9-3-1-4-10-23;/h1,3-6,9-12,30H,2,7-8,13-22H2;1H2. The molecule has 2 aromatic carbocycles. The first kappa shape index (κ1) is 24.0. The fourth-order valence-electron chi connectivity index (χ4n) is 6.63. The quantitative estimate of drug-likeness (QED) is 0.627. The van der Waals surface area contributed by atoms with E-state index in [9.17, 15) is 4.79 Å². The van der Waals surface area contributed by atoms with Crippen molar-refractivity contribution in [3.63, 3.8) is 0 Å². The van der Waals surface area contributed by atoms with E-state index in [1.807, 2.05) is 0 Å². The number of nitrogens with zero attached hydrogens (tertiary/aromatic N) is 3. The fourth-order valence-corrected chi connectivity index (χ4v) is 6.63. The lowest BCUT2D eigenvalue weighted by Gasteiger charge is -2.51. The molecule has 0 atom stereocenters. The van der Waals surface area contributed by atoms with Gasteiger partial charge in [-0.05, 0) is 62.4 Å². The van der Waals surface area contributed by atoms with E-state index in [0.29, 0.717) is 12.5 Å². The van der Waals surface area contributed by atoms with E-state index < -0.39 is 0 Å². The average Bonchev–Trinajstić information content (AvgIpc) is 3.27. The molecule has 186 valence electrons. The molecule has 6 rings (SSSR count). The van der Waals surface area contributed by atoms with Crippen LogP contribution in [0.25, 0.3) is 10.9 Å². The van der Waals surface area contributed by atoms with Gasteiger partial charge in [0.05, 0.1) is 12.1 Å². The molecule has 2 saturated heterocycles. The Bertz CT molecular complexity index is 1140. The van der Waals surface area contributed by atoms with Crippen molar-refractivity contribution in [2.45, 2.75) is 50.6 Å². The summed E-state index contributed by atoms with van der Waals surface area (Å²) in [4.78, 5) is 24.8. The molecule has 0 unspecified atom stereocenters. The average molecular weight is 475 g/mol. The maximum Gasteiger partial charge on any atom is 0.237 e. The molecule has 1 spiro atoms. The summed E-state index contributed by atoms with van der Waals surface area (Å²) >= 11 is 0. The van der Waals surface area contributed by atoms with Gasteiger partial charge < -0.3 is 15.4 Å². The number of rotatable bonds is 4. The summed E-state index contributed by atoms with van der Waals surface area (Å²) in [5, 5.41) is 1.34. The van der Waals surface area contributed by atoms with Crippen LogP contribution in [0.1, 0.15) is 48.9 Å². The second-order valence-electron chi connectivity index (χ2n) is 10.4. The summed E-state index contributed by atoms with van der Waals surface area (Å²) in [7, 11) is 0. The summed E-state index contributed by atoms with van der Waals surface area (Å²) in [6.07, 6.45) is 6.67. The van der Waals surface area contributed by atoms with E-state index in [1.54, 1.807) is 0 Å². The maximum absolute atomic E-state index is 13.8. The Morgan fingerprint density at radius 3 is 2.31 bits per heavy atom. The van der Waals surface area contributed by atoms with Gasteiger partial charge in [0.2, 0.25) is 5.91 Å². The number of fused-ring (bicyclic) bond motifs is 4. The predicted octanol–water partition coefficient (Wildman–Crippen LogP) is 3.71. The van der Waals surface area contributed by atoms with Crippen LogP contribution in [0.2, 0.25) is 0 Å². The lowest BCUT2D eigenvalue weighted by Crippen LogP contribution is -2.59. The number of likely N-dealkylation sites (tertiary alicyclic amines) is 2. The highest BCUT2D eigenvalue weighted by Crippen LogP contribution is 2.45. The van der Waals surface area contributed by atoms with Crippen LogP contribution in [-0.4, -0.2) is 70.3 Å². The van der Waals surface area contributed by atoms with Crippen molar-refractivity contribution in [3.8, 4) is 0 Å². The van der Waals surface area contributed by atoms with E-state index in [4.69, 9.17) is 0 Å². The Hall–Kier alpha value is -2.67. The summed E-state index contributed by atoms with van der Waals surface area (Å²) in [6, 6.07) is 19.4. The zero-order chi connectivity index (χ0) is 23.0. The molecule has 0 saturated carbocycles. The summed E-state index contributed by atoms with van der Waals surface area (Å²) < 4.78 is 0. The van der Waals surface area contributed by atoms with Crippen molar-refractivity contribution < 1.29 is 10.3 Å². The molecule has 1 aromatic heterocycles. The summed E-state index contributed by atoms with van der Waals surface area (Å²) in [5.74, 6) is 0.322. The molecule has 1 amide bonds. The highest BCUT2D eigenvalue weighted by atomic mass is 16.2. The molecule has 3 aliphatic heterocycles. The minimum Gasteiger partial charge on any atom is -0.412 e. The second-order valence-corrected chi connectivity index (χ2v) is 10.4. The van der Waals surface area contributed by atoms with Crippen molar-refractivity contribution in [1.82, 2.24) is 19.7 Å². The van der Waals surface area contributed by atoms with Crippen molar-refractivity contribution in [1.29, 1.82) is 0 Å². The third-order valence-electron chi connectivity index (χ3n) is 8.42. The van der Waals surface area contributed by atoms with E-state index in [0.717, 1.165) is 58.5 Å². The smallest absolute Gasteiger partial charge is 0.237 e. The van der Waals surface area contributed by atoms with Crippen LogP contribution < -0.4 is 0 Å². The van der Waals surface area contributed by atoms with Crippen LogP contribution in [0.15, 0.2) is 54.6 Å². The number of H-pyrrole nitrogens is 1. The van der Waals surface area contributed by atoms with Gasteiger partial charge in [-0.15, -0.1) is 0 Å². The first-order valence-electron chi connectivity index (χ1n) is 13.1. The van der Waals surface area contributed by atoms with Crippen LogP contribution in [-0.2, 0) is 23.3 Å².